The van der Waals surface area contributed by atoms with E-state index in [1.165, 1.54) is 13.0 Å². The molecule has 6 heteroatoms. The lowest BCUT2D eigenvalue weighted by molar-refractivity contribution is 0.219. The van der Waals surface area contributed by atoms with Crippen molar-refractivity contribution in [1.82, 2.24) is 15.1 Å². The summed E-state index contributed by atoms with van der Waals surface area (Å²) >= 11 is 3.29. The van der Waals surface area contributed by atoms with Gasteiger partial charge < -0.3 is 10.2 Å². The number of nitrogens with zero attached hydrogens (tertiary/aromatic N) is 2. The normalized spacial score (nSPS) is 17.9. The zero-order valence-electron chi connectivity index (χ0n) is 10.6. The number of halogens is 1. The van der Waals surface area contributed by atoms with Gasteiger partial charge >= 0.3 is 0 Å². The molecule has 0 radical (unpaired) electrons. The molecule has 0 amide bonds. The quantitative estimate of drug-likeness (QED) is 0.890. The molecule has 0 unspecified atom stereocenters. The Morgan fingerprint density at radius 1 is 1.56 bits per heavy atom. The van der Waals surface area contributed by atoms with Crippen LogP contribution in [0, 0.1) is 0 Å². The molecule has 2 rings (SSSR count). The highest BCUT2D eigenvalue weighted by Crippen LogP contribution is 2.20. The van der Waals surface area contributed by atoms with Gasteiger partial charge in [-0.15, -0.1) is 0 Å². The van der Waals surface area contributed by atoms with Gasteiger partial charge in [-0.2, -0.15) is 5.10 Å². The van der Waals surface area contributed by atoms with E-state index in [9.17, 15) is 4.79 Å². The first-order chi connectivity index (χ1) is 8.70. The van der Waals surface area contributed by atoms with Crippen molar-refractivity contribution in [2.75, 3.05) is 25.0 Å². The molecule has 0 spiro atoms. The van der Waals surface area contributed by atoms with Crippen molar-refractivity contribution in [3.63, 3.8) is 0 Å². The highest BCUT2D eigenvalue weighted by molar-refractivity contribution is 9.10. The number of anilines is 1. The van der Waals surface area contributed by atoms with Gasteiger partial charge in [0.25, 0.3) is 5.56 Å². The second-order valence-electron chi connectivity index (χ2n) is 4.69. The molecule has 1 fully saturated rings. The van der Waals surface area contributed by atoms with Crippen LogP contribution in [0.5, 0.6) is 0 Å². The number of hydrogen-bond acceptors (Lipinski definition) is 4. The fraction of sp³-hybridized carbons (Fsp3) is 0.667. The predicted octanol–water partition coefficient (Wildman–Crippen LogP) is 1.82. The van der Waals surface area contributed by atoms with Crippen molar-refractivity contribution < 1.29 is 0 Å². The second-order valence-corrected chi connectivity index (χ2v) is 5.48. The Morgan fingerprint density at radius 3 is 2.94 bits per heavy atom. The summed E-state index contributed by atoms with van der Waals surface area (Å²) in [6, 6.07) is 0.429. The number of nitrogens with one attached hydrogen (secondary N) is 2. The van der Waals surface area contributed by atoms with E-state index in [0.717, 1.165) is 31.6 Å². The lowest BCUT2D eigenvalue weighted by atomic mass is 10.0. The summed E-state index contributed by atoms with van der Waals surface area (Å²) in [5.41, 5.74) is 0.594. The molecule has 1 saturated heterocycles. The molecule has 0 aromatic carbocycles. The Morgan fingerprint density at radius 2 is 2.28 bits per heavy atom. The molecular formula is C12H19BrN4O. The van der Waals surface area contributed by atoms with E-state index in [1.54, 1.807) is 6.20 Å². The van der Waals surface area contributed by atoms with Crippen molar-refractivity contribution >= 4 is 21.6 Å². The van der Waals surface area contributed by atoms with Gasteiger partial charge in [0.15, 0.2) is 0 Å². The fourth-order valence-corrected chi connectivity index (χ4v) is 2.63. The number of aromatic nitrogens is 2. The number of hydrogen-bond donors (Lipinski definition) is 2. The van der Waals surface area contributed by atoms with Crippen LogP contribution >= 0.6 is 15.9 Å². The van der Waals surface area contributed by atoms with E-state index in [1.807, 2.05) is 0 Å². The van der Waals surface area contributed by atoms with E-state index in [-0.39, 0.29) is 5.56 Å². The summed E-state index contributed by atoms with van der Waals surface area (Å²) in [4.78, 5) is 13.9. The smallest absolute Gasteiger partial charge is 0.280 e. The van der Waals surface area contributed by atoms with Crippen molar-refractivity contribution in [1.29, 1.82) is 0 Å². The molecule has 18 heavy (non-hydrogen) atoms. The average molecular weight is 315 g/mol. The van der Waals surface area contributed by atoms with Crippen LogP contribution in [0.25, 0.3) is 0 Å². The zero-order chi connectivity index (χ0) is 13.0. The van der Waals surface area contributed by atoms with E-state index in [4.69, 9.17) is 0 Å². The van der Waals surface area contributed by atoms with Crippen LogP contribution in [0.2, 0.25) is 0 Å². The van der Waals surface area contributed by atoms with Crippen LogP contribution < -0.4 is 10.9 Å². The topological polar surface area (TPSA) is 61.0 Å². The first-order valence-corrected chi connectivity index (χ1v) is 7.22. The third-order valence-corrected chi connectivity index (χ3v) is 4.07. The highest BCUT2D eigenvalue weighted by Gasteiger charge is 2.19. The molecule has 2 N–H and O–H groups in total. The monoisotopic (exact) mass is 314 g/mol. The number of likely N-dealkylation sites (tertiary alicyclic amines) is 1. The van der Waals surface area contributed by atoms with E-state index in [2.05, 4.69) is 43.3 Å². The molecule has 100 valence electrons. The molecule has 0 atom stereocenters. The number of aromatic amines is 1. The van der Waals surface area contributed by atoms with Crippen LogP contribution in [0.1, 0.15) is 26.2 Å². The van der Waals surface area contributed by atoms with Crippen molar-refractivity contribution in [2.24, 2.45) is 0 Å². The minimum Gasteiger partial charge on any atom is -0.380 e. The van der Waals surface area contributed by atoms with E-state index < -0.39 is 0 Å². The Hall–Kier alpha value is -0.880. The summed E-state index contributed by atoms with van der Waals surface area (Å²) in [7, 11) is 0. The lowest BCUT2D eigenvalue weighted by Gasteiger charge is -2.32. The SMILES string of the molecule is CCCN1CCC(Nc2cn[nH]c(=O)c2Br)CC1. The summed E-state index contributed by atoms with van der Waals surface area (Å²) in [6.07, 6.45) is 5.09. The van der Waals surface area contributed by atoms with Gasteiger partial charge in [-0.3, -0.25) is 4.79 Å². The van der Waals surface area contributed by atoms with Crippen molar-refractivity contribution in [3.05, 3.63) is 21.0 Å². The molecule has 1 aromatic heterocycles. The third-order valence-electron chi connectivity index (χ3n) is 3.28. The molecule has 1 aromatic rings. The highest BCUT2D eigenvalue weighted by atomic mass is 79.9. The van der Waals surface area contributed by atoms with Gasteiger partial charge in [0.05, 0.1) is 11.9 Å². The molecular weight excluding hydrogens is 296 g/mol. The Labute approximate surface area is 115 Å². The first-order valence-electron chi connectivity index (χ1n) is 6.42. The molecule has 0 bridgehead atoms. The molecule has 1 aliphatic heterocycles. The third kappa shape index (κ3) is 3.32. The van der Waals surface area contributed by atoms with Crippen LogP contribution in [-0.2, 0) is 0 Å². The maximum absolute atomic E-state index is 11.4. The molecule has 1 aliphatic rings. The first kappa shape index (κ1) is 13.5. The summed E-state index contributed by atoms with van der Waals surface area (Å²) in [5, 5.41) is 9.61. The average Bonchev–Trinajstić information content (AvgIpc) is 2.38. The van der Waals surface area contributed by atoms with Gasteiger partial charge in [0, 0.05) is 19.1 Å². The number of rotatable bonds is 4. The maximum Gasteiger partial charge on any atom is 0.280 e. The Bertz CT molecular complexity index is 440. The largest absolute Gasteiger partial charge is 0.380 e. The molecule has 5 nitrogen and oxygen atoms in total. The van der Waals surface area contributed by atoms with Crippen LogP contribution in [-0.4, -0.2) is 40.8 Å². The molecule has 0 saturated carbocycles. The zero-order valence-corrected chi connectivity index (χ0v) is 12.2. The Kier molecular flexibility index (Phi) is 4.77. The molecule has 2 heterocycles. The van der Waals surface area contributed by atoms with Gasteiger partial charge in [0.1, 0.15) is 4.47 Å². The fourth-order valence-electron chi connectivity index (χ4n) is 2.32. The number of piperidine rings is 1. The van der Waals surface area contributed by atoms with Crippen molar-refractivity contribution in [2.45, 2.75) is 32.2 Å². The van der Waals surface area contributed by atoms with Crippen LogP contribution in [0.3, 0.4) is 0 Å². The van der Waals surface area contributed by atoms with Gasteiger partial charge in [0.2, 0.25) is 0 Å². The minimum absolute atomic E-state index is 0.191. The maximum atomic E-state index is 11.4. The summed E-state index contributed by atoms with van der Waals surface area (Å²) in [5.74, 6) is 0. The van der Waals surface area contributed by atoms with Gasteiger partial charge in [-0.25, -0.2) is 5.10 Å². The standard InChI is InChI=1S/C12H19BrN4O/c1-2-5-17-6-3-9(4-7-17)15-10-8-14-16-12(18)11(10)13/h8-9H,2-7H2,1H3,(H2,15,16,18). The predicted molar refractivity (Wildman–Crippen MR) is 75.9 cm³/mol. The van der Waals surface area contributed by atoms with E-state index >= 15 is 0 Å². The summed E-state index contributed by atoms with van der Waals surface area (Å²) < 4.78 is 0.536. The van der Waals surface area contributed by atoms with Gasteiger partial charge in [-0.05, 0) is 41.7 Å². The lowest BCUT2D eigenvalue weighted by Crippen LogP contribution is -2.39. The van der Waals surface area contributed by atoms with Crippen molar-refractivity contribution in [3.8, 4) is 0 Å². The van der Waals surface area contributed by atoms with E-state index in [0.29, 0.717) is 10.5 Å². The van der Waals surface area contributed by atoms with Crippen LogP contribution in [0.4, 0.5) is 5.69 Å². The minimum atomic E-state index is -0.191. The van der Waals surface area contributed by atoms with Crippen LogP contribution in [0.15, 0.2) is 15.5 Å². The van der Waals surface area contributed by atoms with Gasteiger partial charge in [-0.1, -0.05) is 6.92 Å². The summed E-state index contributed by atoms with van der Waals surface area (Å²) in [6.45, 7) is 5.64. The second kappa shape index (κ2) is 6.33. The number of H-pyrrole nitrogens is 1. The molecule has 0 aliphatic carbocycles. The Balaban J connectivity index is 1.92.